The molecular formula is C18H18O3. The minimum absolute atomic E-state index is 0.0413. The topological polar surface area (TPSA) is 43.4 Å². The summed E-state index contributed by atoms with van der Waals surface area (Å²) in [5.41, 5.74) is 2.00. The van der Waals surface area contributed by atoms with E-state index in [0.29, 0.717) is 16.9 Å². The summed E-state index contributed by atoms with van der Waals surface area (Å²) in [6.45, 7) is 5.39. The van der Waals surface area contributed by atoms with Crippen LogP contribution >= 0.6 is 0 Å². The van der Waals surface area contributed by atoms with Gasteiger partial charge in [0.05, 0.1) is 5.92 Å². The van der Waals surface area contributed by atoms with Crippen molar-refractivity contribution in [2.24, 2.45) is 5.92 Å². The van der Waals surface area contributed by atoms with Crippen LogP contribution in [-0.2, 0) is 4.79 Å². The Bertz CT molecular complexity index is 657. The van der Waals surface area contributed by atoms with Gasteiger partial charge in [-0.1, -0.05) is 44.2 Å². The molecule has 0 atom stereocenters. The molecule has 21 heavy (non-hydrogen) atoms. The van der Waals surface area contributed by atoms with E-state index in [4.69, 9.17) is 4.74 Å². The van der Waals surface area contributed by atoms with Crippen LogP contribution in [0.1, 0.15) is 35.3 Å². The molecule has 0 bridgehead atoms. The summed E-state index contributed by atoms with van der Waals surface area (Å²) in [7, 11) is 0. The SMILES string of the molecule is Cc1cc(C(=O)c2ccccc2)ccc1OC(=O)C(C)C. The molecular weight excluding hydrogens is 264 g/mol. The lowest BCUT2D eigenvalue weighted by Gasteiger charge is -2.10. The van der Waals surface area contributed by atoms with Crippen molar-refractivity contribution >= 4 is 11.8 Å². The number of carbonyl (C=O) groups is 2. The minimum Gasteiger partial charge on any atom is -0.426 e. The van der Waals surface area contributed by atoms with E-state index < -0.39 is 0 Å². The molecule has 0 aliphatic rings. The first kappa shape index (κ1) is 15.0. The van der Waals surface area contributed by atoms with E-state index in [9.17, 15) is 9.59 Å². The third kappa shape index (κ3) is 3.57. The number of hydrogen-bond donors (Lipinski definition) is 0. The van der Waals surface area contributed by atoms with Gasteiger partial charge in [-0.05, 0) is 30.7 Å². The van der Waals surface area contributed by atoms with E-state index in [0.717, 1.165) is 5.56 Å². The number of aryl methyl sites for hydroxylation is 1. The van der Waals surface area contributed by atoms with Gasteiger partial charge in [0.1, 0.15) is 5.75 Å². The van der Waals surface area contributed by atoms with Gasteiger partial charge in [0, 0.05) is 11.1 Å². The zero-order chi connectivity index (χ0) is 15.4. The quantitative estimate of drug-likeness (QED) is 0.487. The van der Waals surface area contributed by atoms with Gasteiger partial charge in [0.15, 0.2) is 5.78 Å². The molecule has 3 nitrogen and oxygen atoms in total. The van der Waals surface area contributed by atoms with Gasteiger partial charge in [0.2, 0.25) is 0 Å². The van der Waals surface area contributed by atoms with E-state index in [2.05, 4.69) is 0 Å². The lowest BCUT2D eigenvalue weighted by atomic mass is 10.0. The van der Waals surface area contributed by atoms with Crippen LogP contribution < -0.4 is 4.74 Å². The summed E-state index contributed by atoms with van der Waals surface area (Å²) in [4.78, 5) is 23.9. The Balaban J connectivity index is 2.23. The summed E-state index contributed by atoms with van der Waals surface area (Å²) in [6, 6.07) is 14.2. The highest BCUT2D eigenvalue weighted by Gasteiger charge is 2.14. The normalized spacial score (nSPS) is 10.5. The fourth-order valence-electron chi connectivity index (χ4n) is 1.89. The molecule has 0 N–H and O–H groups in total. The molecule has 3 heteroatoms. The number of hydrogen-bond acceptors (Lipinski definition) is 3. The largest absolute Gasteiger partial charge is 0.426 e. The van der Waals surface area contributed by atoms with Crippen LogP contribution in [0.3, 0.4) is 0 Å². The van der Waals surface area contributed by atoms with Gasteiger partial charge in [-0.25, -0.2) is 0 Å². The predicted octanol–water partition coefficient (Wildman–Crippen LogP) is 3.79. The van der Waals surface area contributed by atoms with Gasteiger partial charge >= 0.3 is 5.97 Å². The lowest BCUT2D eigenvalue weighted by Crippen LogP contribution is -2.15. The molecule has 0 aromatic heterocycles. The predicted molar refractivity (Wildman–Crippen MR) is 81.5 cm³/mol. The molecule has 0 aliphatic heterocycles. The van der Waals surface area contributed by atoms with Crippen molar-refractivity contribution in [3.05, 3.63) is 65.2 Å². The van der Waals surface area contributed by atoms with E-state index in [-0.39, 0.29) is 17.7 Å². The molecule has 0 amide bonds. The van der Waals surface area contributed by atoms with Crippen molar-refractivity contribution in [1.29, 1.82) is 0 Å². The van der Waals surface area contributed by atoms with Gasteiger partial charge < -0.3 is 4.74 Å². The monoisotopic (exact) mass is 282 g/mol. The maximum atomic E-state index is 12.3. The lowest BCUT2D eigenvalue weighted by molar-refractivity contribution is -0.137. The Labute approximate surface area is 124 Å². The van der Waals surface area contributed by atoms with E-state index >= 15 is 0 Å². The fourth-order valence-corrected chi connectivity index (χ4v) is 1.89. The summed E-state index contributed by atoms with van der Waals surface area (Å²) < 4.78 is 5.30. The molecule has 0 heterocycles. The standard InChI is InChI=1S/C18H18O3/c1-12(2)18(20)21-16-10-9-15(11-13(16)3)17(19)14-7-5-4-6-8-14/h4-12H,1-3H3. The molecule has 0 aliphatic carbocycles. The highest BCUT2D eigenvalue weighted by atomic mass is 16.5. The van der Waals surface area contributed by atoms with Crippen LogP contribution in [0.4, 0.5) is 0 Å². The molecule has 0 saturated carbocycles. The van der Waals surface area contributed by atoms with Crippen LogP contribution in [-0.4, -0.2) is 11.8 Å². The molecule has 0 fully saturated rings. The third-order valence-electron chi connectivity index (χ3n) is 3.16. The zero-order valence-corrected chi connectivity index (χ0v) is 12.4. The van der Waals surface area contributed by atoms with Crippen molar-refractivity contribution in [3.63, 3.8) is 0 Å². The molecule has 0 radical (unpaired) electrons. The average molecular weight is 282 g/mol. The minimum atomic E-state index is -0.278. The van der Waals surface area contributed by atoms with Crippen LogP contribution in [0.25, 0.3) is 0 Å². The molecule has 0 saturated heterocycles. The van der Waals surface area contributed by atoms with Gasteiger partial charge in [-0.3, -0.25) is 9.59 Å². The number of esters is 1. The smallest absolute Gasteiger partial charge is 0.313 e. The summed E-state index contributed by atoms with van der Waals surface area (Å²) in [5, 5.41) is 0. The van der Waals surface area contributed by atoms with Crippen molar-refractivity contribution < 1.29 is 14.3 Å². The van der Waals surface area contributed by atoms with Gasteiger partial charge in [0.25, 0.3) is 0 Å². The summed E-state index contributed by atoms with van der Waals surface area (Å²) >= 11 is 0. The van der Waals surface area contributed by atoms with Crippen molar-refractivity contribution in [1.82, 2.24) is 0 Å². The molecule has 0 spiro atoms. The Hall–Kier alpha value is -2.42. The van der Waals surface area contributed by atoms with Gasteiger partial charge in [-0.2, -0.15) is 0 Å². The van der Waals surface area contributed by atoms with Crippen LogP contribution in [0.5, 0.6) is 5.75 Å². The first-order chi connectivity index (χ1) is 9.99. The van der Waals surface area contributed by atoms with Crippen molar-refractivity contribution in [3.8, 4) is 5.75 Å². The molecule has 2 aromatic rings. The fraction of sp³-hybridized carbons (Fsp3) is 0.222. The van der Waals surface area contributed by atoms with Crippen LogP contribution in [0, 0.1) is 12.8 Å². The molecule has 2 aromatic carbocycles. The van der Waals surface area contributed by atoms with Crippen molar-refractivity contribution in [2.75, 3.05) is 0 Å². The average Bonchev–Trinajstić information content (AvgIpc) is 2.49. The van der Waals surface area contributed by atoms with Crippen LogP contribution in [0.2, 0.25) is 0 Å². The molecule has 108 valence electrons. The number of carbonyl (C=O) groups excluding carboxylic acids is 2. The molecule has 0 unspecified atom stereocenters. The summed E-state index contributed by atoms with van der Waals surface area (Å²) in [6.07, 6.45) is 0. The second-order valence-electron chi connectivity index (χ2n) is 5.25. The summed E-state index contributed by atoms with van der Waals surface area (Å²) in [5.74, 6) is -0.00555. The highest BCUT2D eigenvalue weighted by molar-refractivity contribution is 6.09. The molecule has 2 rings (SSSR count). The maximum Gasteiger partial charge on any atom is 0.313 e. The first-order valence-electron chi connectivity index (χ1n) is 6.91. The number of benzene rings is 2. The van der Waals surface area contributed by atoms with Crippen molar-refractivity contribution in [2.45, 2.75) is 20.8 Å². The second kappa shape index (κ2) is 6.35. The van der Waals surface area contributed by atoms with E-state index in [1.807, 2.05) is 25.1 Å². The number of ether oxygens (including phenoxy) is 1. The Morgan fingerprint density at radius 1 is 0.952 bits per heavy atom. The second-order valence-corrected chi connectivity index (χ2v) is 5.25. The van der Waals surface area contributed by atoms with Crippen LogP contribution in [0.15, 0.2) is 48.5 Å². The Morgan fingerprint density at radius 2 is 1.62 bits per heavy atom. The van der Waals surface area contributed by atoms with E-state index in [1.54, 1.807) is 44.2 Å². The van der Waals surface area contributed by atoms with E-state index in [1.165, 1.54) is 0 Å². The highest BCUT2D eigenvalue weighted by Crippen LogP contribution is 2.22. The Kier molecular flexibility index (Phi) is 4.53. The third-order valence-corrected chi connectivity index (χ3v) is 3.16. The van der Waals surface area contributed by atoms with Gasteiger partial charge in [-0.15, -0.1) is 0 Å². The first-order valence-corrected chi connectivity index (χ1v) is 6.91. The maximum absolute atomic E-state index is 12.3. The Morgan fingerprint density at radius 3 is 2.19 bits per heavy atom. The number of rotatable bonds is 4. The number of ketones is 1. The zero-order valence-electron chi connectivity index (χ0n) is 12.4.